The first-order valence-corrected chi connectivity index (χ1v) is 11.2. The molecule has 7 nitrogen and oxygen atoms in total. The Bertz CT molecular complexity index is 958. The summed E-state index contributed by atoms with van der Waals surface area (Å²) < 4.78 is 10.8. The maximum absolute atomic E-state index is 12.4. The van der Waals surface area contributed by atoms with E-state index in [1.54, 1.807) is 17.3 Å². The third kappa shape index (κ3) is 6.05. The zero-order chi connectivity index (χ0) is 21.5. The van der Waals surface area contributed by atoms with Crippen molar-refractivity contribution in [1.82, 2.24) is 10.0 Å². The van der Waals surface area contributed by atoms with Gasteiger partial charge in [0.05, 0.1) is 19.9 Å². The molecular weight excluding hydrogens is 519 g/mol. The topological polar surface area (TPSA) is 76.2 Å². The molecule has 1 aliphatic heterocycles. The van der Waals surface area contributed by atoms with E-state index < -0.39 is 6.09 Å². The summed E-state index contributed by atoms with van der Waals surface area (Å²) in [6.45, 7) is 0.752. The van der Waals surface area contributed by atoms with Gasteiger partial charge < -0.3 is 9.47 Å². The molecule has 1 aromatic heterocycles. The number of carbonyl (C=O) groups is 3. The van der Waals surface area contributed by atoms with E-state index in [4.69, 9.17) is 9.47 Å². The highest BCUT2D eigenvalue weighted by Gasteiger charge is 2.24. The van der Waals surface area contributed by atoms with Crippen molar-refractivity contribution in [1.29, 1.82) is 0 Å². The molecule has 0 N–H and O–H groups in total. The van der Waals surface area contributed by atoms with Crippen LogP contribution in [0.3, 0.4) is 0 Å². The van der Waals surface area contributed by atoms with Crippen molar-refractivity contribution >= 4 is 51.8 Å². The Hall–Kier alpha value is -2.40. The third-order valence-electron chi connectivity index (χ3n) is 4.45. The number of carbonyl (C=O) groups excluding carboxylic acids is 3. The standard InChI is InChI=1S/C21H21IN2O5S/c1-28-20(26)19-6-5-18(30-19)8-10-24-21(27)29-12-11-23(24)9-7-17(25)14-15-3-2-4-16(22)13-15/h2-6,11-13H,7-10,14H2,1H3. The highest BCUT2D eigenvalue weighted by atomic mass is 127. The van der Waals surface area contributed by atoms with Crippen molar-refractivity contribution in [3.8, 4) is 0 Å². The minimum Gasteiger partial charge on any atom is -0.465 e. The molecule has 0 aliphatic carbocycles. The molecule has 0 bridgehead atoms. The van der Waals surface area contributed by atoms with Crippen molar-refractivity contribution in [2.45, 2.75) is 19.3 Å². The molecule has 1 aromatic carbocycles. The average molecular weight is 540 g/mol. The van der Waals surface area contributed by atoms with E-state index >= 15 is 0 Å². The van der Waals surface area contributed by atoms with Gasteiger partial charge in [0.2, 0.25) is 0 Å². The molecule has 158 valence electrons. The highest BCUT2D eigenvalue weighted by molar-refractivity contribution is 14.1. The van der Waals surface area contributed by atoms with Crippen LogP contribution in [0.25, 0.3) is 0 Å². The summed E-state index contributed by atoms with van der Waals surface area (Å²) in [6, 6.07) is 11.4. The largest absolute Gasteiger partial charge is 0.465 e. The molecule has 0 atom stereocenters. The number of halogens is 1. The molecule has 2 aromatic rings. The number of nitrogens with zero attached hydrogens (tertiary/aromatic N) is 2. The Morgan fingerprint density at radius 2 is 2.03 bits per heavy atom. The Morgan fingerprint density at radius 3 is 2.80 bits per heavy atom. The number of hydrazine groups is 1. The summed E-state index contributed by atoms with van der Waals surface area (Å²) in [6.07, 6.45) is 3.71. The molecule has 2 heterocycles. The lowest BCUT2D eigenvalue weighted by Gasteiger charge is -2.35. The Balaban J connectivity index is 1.55. The lowest BCUT2D eigenvalue weighted by atomic mass is 10.1. The van der Waals surface area contributed by atoms with Gasteiger partial charge in [-0.2, -0.15) is 0 Å². The van der Waals surface area contributed by atoms with Gasteiger partial charge in [-0.15, -0.1) is 11.3 Å². The van der Waals surface area contributed by atoms with Gasteiger partial charge in [0.25, 0.3) is 0 Å². The van der Waals surface area contributed by atoms with Crippen molar-refractivity contribution in [2.75, 3.05) is 20.2 Å². The van der Waals surface area contributed by atoms with Gasteiger partial charge in [-0.05, 0) is 52.4 Å². The second-order valence-corrected chi connectivity index (χ2v) is 8.97. The Kier molecular flexibility index (Phi) is 7.86. The number of benzene rings is 1. The Morgan fingerprint density at radius 1 is 1.20 bits per heavy atom. The first-order valence-electron chi connectivity index (χ1n) is 9.31. The van der Waals surface area contributed by atoms with E-state index in [9.17, 15) is 14.4 Å². The molecule has 1 amide bonds. The van der Waals surface area contributed by atoms with E-state index in [1.807, 2.05) is 30.3 Å². The highest BCUT2D eigenvalue weighted by Crippen LogP contribution is 2.20. The van der Waals surface area contributed by atoms with Crippen LogP contribution in [0.2, 0.25) is 0 Å². The summed E-state index contributed by atoms with van der Waals surface area (Å²) in [7, 11) is 1.34. The molecule has 0 saturated carbocycles. The Labute approximate surface area is 192 Å². The van der Waals surface area contributed by atoms with Gasteiger partial charge in [0.15, 0.2) is 0 Å². The number of cyclic esters (lactones) is 1. The zero-order valence-corrected chi connectivity index (χ0v) is 19.4. The van der Waals surface area contributed by atoms with Crippen molar-refractivity contribution in [3.05, 3.63) is 67.7 Å². The number of amides is 1. The average Bonchev–Trinajstić information content (AvgIpc) is 3.20. The number of rotatable bonds is 9. The fourth-order valence-corrected chi connectivity index (χ4v) is 4.48. The second kappa shape index (κ2) is 10.6. The molecule has 30 heavy (non-hydrogen) atoms. The van der Waals surface area contributed by atoms with Crippen molar-refractivity contribution in [2.24, 2.45) is 0 Å². The van der Waals surface area contributed by atoms with Crippen LogP contribution in [-0.4, -0.2) is 48.1 Å². The lowest BCUT2D eigenvalue weighted by molar-refractivity contribution is -0.119. The number of methoxy groups -OCH3 is 1. The number of hydrogen-bond donors (Lipinski definition) is 0. The molecular formula is C21H21IN2O5S. The number of thiophene rings is 1. The maximum Gasteiger partial charge on any atom is 0.433 e. The van der Waals surface area contributed by atoms with Crippen LogP contribution in [0.15, 0.2) is 48.9 Å². The summed E-state index contributed by atoms with van der Waals surface area (Å²) in [5, 5.41) is 3.17. The van der Waals surface area contributed by atoms with Crippen molar-refractivity contribution in [3.63, 3.8) is 0 Å². The fraction of sp³-hybridized carbons (Fsp3) is 0.286. The molecule has 0 unspecified atom stereocenters. The zero-order valence-electron chi connectivity index (χ0n) is 16.4. The third-order valence-corrected chi connectivity index (χ3v) is 6.25. The number of hydrogen-bond acceptors (Lipinski definition) is 7. The predicted octanol–water partition coefficient (Wildman–Crippen LogP) is 4.02. The van der Waals surface area contributed by atoms with Crippen LogP contribution in [0.1, 0.15) is 26.5 Å². The summed E-state index contributed by atoms with van der Waals surface area (Å²) >= 11 is 3.56. The lowest BCUT2D eigenvalue weighted by Crippen LogP contribution is -2.47. The van der Waals surface area contributed by atoms with E-state index in [-0.39, 0.29) is 11.8 Å². The van der Waals surface area contributed by atoms with Crippen LogP contribution in [0.4, 0.5) is 4.79 Å². The van der Waals surface area contributed by atoms with Crippen LogP contribution in [-0.2, 0) is 27.1 Å². The molecule has 0 fully saturated rings. The minimum absolute atomic E-state index is 0.102. The number of Topliss-reactive ketones (excluding diaryl/α,β-unsaturated/α-hetero) is 1. The van der Waals surface area contributed by atoms with Crippen LogP contribution in [0, 0.1) is 3.57 Å². The smallest absolute Gasteiger partial charge is 0.433 e. The first-order chi connectivity index (χ1) is 14.5. The molecule has 3 rings (SSSR count). The van der Waals surface area contributed by atoms with E-state index in [2.05, 4.69) is 22.6 Å². The van der Waals surface area contributed by atoms with Gasteiger partial charge in [-0.25, -0.2) is 14.6 Å². The minimum atomic E-state index is -0.493. The summed E-state index contributed by atoms with van der Waals surface area (Å²) in [5.74, 6) is -0.273. The van der Waals surface area contributed by atoms with Crippen molar-refractivity contribution < 1.29 is 23.9 Å². The van der Waals surface area contributed by atoms with E-state index in [0.717, 1.165) is 14.0 Å². The summed E-state index contributed by atoms with van der Waals surface area (Å²) in [4.78, 5) is 37.7. The molecule has 1 aliphatic rings. The van der Waals surface area contributed by atoms with Crippen LogP contribution >= 0.6 is 33.9 Å². The number of esters is 1. The van der Waals surface area contributed by atoms with Crippen LogP contribution < -0.4 is 0 Å². The molecule has 0 spiro atoms. The summed E-state index contributed by atoms with van der Waals surface area (Å²) in [5.41, 5.74) is 0.983. The molecule has 0 radical (unpaired) electrons. The van der Waals surface area contributed by atoms with Gasteiger partial charge in [-0.1, -0.05) is 12.1 Å². The first kappa shape index (κ1) is 22.3. The normalized spacial score (nSPS) is 13.3. The van der Waals surface area contributed by atoms with Crippen LogP contribution in [0.5, 0.6) is 0 Å². The van der Waals surface area contributed by atoms with E-state index in [0.29, 0.717) is 37.2 Å². The monoisotopic (exact) mass is 540 g/mol. The van der Waals surface area contributed by atoms with Gasteiger partial charge in [0.1, 0.15) is 16.9 Å². The van der Waals surface area contributed by atoms with Gasteiger partial charge >= 0.3 is 12.1 Å². The van der Waals surface area contributed by atoms with Gasteiger partial charge in [-0.3, -0.25) is 9.80 Å². The molecule has 0 saturated heterocycles. The maximum atomic E-state index is 12.4. The van der Waals surface area contributed by atoms with E-state index in [1.165, 1.54) is 29.7 Å². The predicted molar refractivity (Wildman–Crippen MR) is 121 cm³/mol. The van der Waals surface area contributed by atoms with Gasteiger partial charge in [0, 0.05) is 34.3 Å². The molecule has 9 heteroatoms. The number of ketones is 1. The number of ether oxygens (including phenoxy) is 2. The fourth-order valence-electron chi connectivity index (χ4n) is 2.96. The quantitative estimate of drug-likeness (QED) is 0.354. The SMILES string of the molecule is COC(=O)c1ccc(CCN2C(=O)OC=CN2CCC(=O)Cc2cccc(I)c2)s1. The second-order valence-electron chi connectivity index (χ2n) is 6.56.